The minimum absolute atomic E-state index is 0.205. The standard InChI is InChI=1S/C23H22ClN5O/c24-19-8-6-16(7-9-19)14-28-12-2-4-18(15-28)22-26-23(30)29(27-22)21-5-1-3-17-13-25-11-10-20(17)21/h1,3,5-11,13,18H,2,4,12,14-15H2,(H,26,27,30). The summed E-state index contributed by atoms with van der Waals surface area (Å²) in [6, 6.07) is 15.7. The van der Waals surface area contributed by atoms with Gasteiger partial charge < -0.3 is 0 Å². The maximum Gasteiger partial charge on any atom is 0.348 e. The molecule has 152 valence electrons. The molecule has 0 radical (unpaired) electrons. The molecular formula is C23H22ClN5O. The second kappa shape index (κ2) is 8.05. The van der Waals surface area contributed by atoms with Crippen LogP contribution in [0.1, 0.15) is 30.1 Å². The zero-order valence-corrected chi connectivity index (χ0v) is 17.2. The summed E-state index contributed by atoms with van der Waals surface area (Å²) in [4.78, 5) is 22.3. The maximum atomic E-state index is 12.7. The van der Waals surface area contributed by atoms with Gasteiger partial charge in [-0.05, 0) is 49.2 Å². The van der Waals surface area contributed by atoms with Crippen molar-refractivity contribution in [2.45, 2.75) is 25.3 Å². The molecule has 2 aromatic heterocycles. The Morgan fingerprint density at radius 2 is 2.00 bits per heavy atom. The van der Waals surface area contributed by atoms with Crippen molar-refractivity contribution in [3.05, 3.63) is 87.8 Å². The molecule has 0 aliphatic carbocycles. The fourth-order valence-corrected chi connectivity index (χ4v) is 4.37. The summed E-state index contributed by atoms with van der Waals surface area (Å²) in [6.07, 6.45) is 5.63. The lowest BCUT2D eigenvalue weighted by molar-refractivity contribution is 0.196. The quantitative estimate of drug-likeness (QED) is 0.539. The van der Waals surface area contributed by atoms with Crippen LogP contribution < -0.4 is 5.69 Å². The number of piperidine rings is 1. The van der Waals surface area contributed by atoms with Crippen LogP contribution in [-0.4, -0.2) is 37.7 Å². The second-order valence-corrected chi connectivity index (χ2v) is 8.24. The summed E-state index contributed by atoms with van der Waals surface area (Å²) >= 11 is 6.00. The number of hydrogen-bond donors (Lipinski definition) is 1. The molecule has 4 aromatic rings. The Bertz CT molecular complexity index is 1230. The SMILES string of the molecule is O=c1[nH]c(C2CCCN(Cc3ccc(Cl)cc3)C2)nn1-c1cccc2cnccc12. The Hall–Kier alpha value is -2.96. The van der Waals surface area contributed by atoms with Gasteiger partial charge in [-0.3, -0.25) is 14.9 Å². The summed E-state index contributed by atoms with van der Waals surface area (Å²) in [7, 11) is 0. The molecule has 6 nitrogen and oxygen atoms in total. The van der Waals surface area contributed by atoms with Crippen LogP contribution in [0.5, 0.6) is 0 Å². The first-order valence-electron chi connectivity index (χ1n) is 10.2. The molecule has 30 heavy (non-hydrogen) atoms. The monoisotopic (exact) mass is 419 g/mol. The molecule has 1 aliphatic rings. The first kappa shape index (κ1) is 19.0. The van der Waals surface area contributed by atoms with Crippen LogP contribution in [0, 0.1) is 0 Å². The second-order valence-electron chi connectivity index (χ2n) is 7.80. The van der Waals surface area contributed by atoms with Crippen LogP contribution in [0.15, 0.2) is 65.7 Å². The number of nitrogens with zero attached hydrogens (tertiary/aromatic N) is 4. The summed E-state index contributed by atoms with van der Waals surface area (Å²) in [6.45, 7) is 2.78. The molecular weight excluding hydrogens is 398 g/mol. The van der Waals surface area contributed by atoms with Gasteiger partial charge in [0.15, 0.2) is 0 Å². The molecule has 0 amide bonds. The molecule has 1 saturated heterocycles. The Kier molecular flexibility index (Phi) is 5.11. The fourth-order valence-electron chi connectivity index (χ4n) is 4.25. The van der Waals surface area contributed by atoms with Crippen LogP contribution in [0.25, 0.3) is 16.5 Å². The molecule has 1 atom stereocenters. The Morgan fingerprint density at radius 1 is 1.13 bits per heavy atom. The van der Waals surface area contributed by atoms with Crippen LogP contribution in [0.3, 0.4) is 0 Å². The number of fused-ring (bicyclic) bond motifs is 1. The van der Waals surface area contributed by atoms with Gasteiger partial charge >= 0.3 is 5.69 Å². The lowest BCUT2D eigenvalue weighted by Gasteiger charge is -2.31. The van der Waals surface area contributed by atoms with Crippen LogP contribution in [0.4, 0.5) is 0 Å². The lowest BCUT2D eigenvalue weighted by Crippen LogP contribution is -2.34. The molecule has 0 bridgehead atoms. The topological polar surface area (TPSA) is 66.8 Å². The van der Waals surface area contributed by atoms with Crippen molar-refractivity contribution in [1.82, 2.24) is 24.6 Å². The molecule has 1 fully saturated rings. The third-order valence-corrected chi connectivity index (χ3v) is 5.98. The third kappa shape index (κ3) is 3.76. The molecule has 2 aromatic carbocycles. The van der Waals surface area contributed by atoms with Gasteiger partial charge in [-0.25, -0.2) is 4.79 Å². The number of benzene rings is 2. The number of likely N-dealkylation sites (tertiary alicyclic amines) is 1. The number of nitrogens with one attached hydrogen (secondary N) is 1. The third-order valence-electron chi connectivity index (χ3n) is 5.73. The van der Waals surface area contributed by atoms with E-state index in [9.17, 15) is 4.79 Å². The van der Waals surface area contributed by atoms with E-state index in [1.807, 2.05) is 36.4 Å². The average molecular weight is 420 g/mol. The van der Waals surface area contributed by atoms with Crippen LogP contribution >= 0.6 is 11.6 Å². The predicted octanol–water partition coefficient (Wildman–Crippen LogP) is 4.14. The summed E-state index contributed by atoms with van der Waals surface area (Å²) in [5.41, 5.74) is 1.81. The maximum absolute atomic E-state index is 12.7. The largest absolute Gasteiger partial charge is 0.348 e. The van der Waals surface area contributed by atoms with Crippen molar-refractivity contribution in [2.24, 2.45) is 0 Å². The fraction of sp³-hybridized carbons (Fsp3) is 0.261. The van der Waals surface area contributed by atoms with Crippen molar-refractivity contribution in [3.63, 3.8) is 0 Å². The van der Waals surface area contributed by atoms with Crippen molar-refractivity contribution in [1.29, 1.82) is 0 Å². The van der Waals surface area contributed by atoms with E-state index in [4.69, 9.17) is 16.7 Å². The summed E-state index contributed by atoms with van der Waals surface area (Å²) < 4.78 is 1.48. The highest BCUT2D eigenvalue weighted by Crippen LogP contribution is 2.26. The molecule has 5 rings (SSSR count). The highest BCUT2D eigenvalue weighted by atomic mass is 35.5. The van der Waals surface area contributed by atoms with Gasteiger partial charge in [0.2, 0.25) is 0 Å². The highest BCUT2D eigenvalue weighted by Gasteiger charge is 2.25. The number of hydrogen-bond acceptors (Lipinski definition) is 4. The smallest absolute Gasteiger partial charge is 0.298 e. The summed E-state index contributed by atoms with van der Waals surface area (Å²) in [5, 5.41) is 7.39. The minimum atomic E-state index is -0.205. The summed E-state index contributed by atoms with van der Waals surface area (Å²) in [5.74, 6) is 0.962. The zero-order valence-electron chi connectivity index (χ0n) is 16.5. The minimum Gasteiger partial charge on any atom is -0.298 e. The van der Waals surface area contributed by atoms with Gasteiger partial charge in [-0.1, -0.05) is 35.9 Å². The highest BCUT2D eigenvalue weighted by molar-refractivity contribution is 6.30. The predicted molar refractivity (Wildman–Crippen MR) is 118 cm³/mol. The van der Waals surface area contributed by atoms with E-state index < -0.39 is 0 Å². The van der Waals surface area contributed by atoms with Crippen molar-refractivity contribution >= 4 is 22.4 Å². The lowest BCUT2D eigenvalue weighted by atomic mass is 9.97. The number of aromatic nitrogens is 4. The van der Waals surface area contributed by atoms with Crippen LogP contribution in [-0.2, 0) is 6.54 Å². The number of halogens is 1. The van der Waals surface area contributed by atoms with Crippen LogP contribution in [0.2, 0.25) is 5.02 Å². The first-order chi connectivity index (χ1) is 14.7. The number of aromatic amines is 1. The normalized spacial score (nSPS) is 17.4. The van der Waals surface area contributed by atoms with Gasteiger partial charge in [0.05, 0.1) is 5.69 Å². The van der Waals surface area contributed by atoms with E-state index in [0.717, 1.165) is 59.8 Å². The van der Waals surface area contributed by atoms with E-state index in [1.165, 1.54) is 10.2 Å². The van der Waals surface area contributed by atoms with Crippen molar-refractivity contribution in [2.75, 3.05) is 13.1 Å². The van der Waals surface area contributed by atoms with E-state index in [2.05, 4.69) is 27.0 Å². The molecule has 1 N–H and O–H groups in total. The first-order valence-corrected chi connectivity index (χ1v) is 10.5. The number of H-pyrrole nitrogens is 1. The molecule has 3 heterocycles. The molecule has 7 heteroatoms. The zero-order chi connectivity index (χ0) is 20.5. The number of pyridine rings is 1. The molecule has 0 saturated carbocycles. The van der Waals surface area contributed by atoms with E-state index in [0.29, 0.717) is 0 Å². The Morgan fingerprint density at radius 3 is 2.87 bits per heavy atom. The van der Waals surface area contributed by atoms with Crippen molar-refractivity contribution in [3.8, 4) is 5.69 Å². The van der Waals surface area contributed by atoms with Gasteiger partial charge in [0, 0.05) is 47.2 Å². The van der Waals surface area contributed by atoms with Gasteiger partial charge in [0.25, 0.3) is 0 Å². The molecule has 1 unspecified atom stereocenters. The van der Waals surface area contributed by atoms with Gasteiger partial charge in [-0.15, -0.1) is 5.10 Å². The Balaban J connectivity index is 1.40. The molecule has 0 spiro atoms. The number of rotatable bonds is 4. The van der Waals surface area contributed by atoms with Gasteiger partial charge in [0.1, 0.15) is 5.82 Å². The average Bonchev–Trinajstić information content (AvgIpc) is 3.17. The van der Waals surface area contributed by atoms with E-state index >= 15 is 0 Å². The van der Waals surface area contributed by atoms with Gasteiger partial charge in [-0.2, -0.15) is 4.68 Å². The van der Waals surface area contributed by atoms with Crippen molar-refractivity contribution < 1.29 is 0 Å². The van der Waals surface area contributed by atoms with E-state index in [-0.39, 0.29) is 11.6 Å². The van der Waals surface area contributed by atoms with E-state index in [1.54, 1.807) is 12.4 Å². The molecule has 1 aliphatic heterocycles. The Labute approximate surface area is 179 Å².